The van der Waals surface area contributed by atoms with Gasteiger partial charge in [-0.1, -0.05) is 18.2 Å². The summed E-state index contributed by atoms with van der Waals surface area (Å²) in [7, 11) is -3.76. The van der Waals surface area contributed by atoms with Crippen molar-refractivity contribution in [2.45, 2.75) is 45.1 Å². The number of esters is 1. The first-order valence-corrected chi connectivity index (χ1v) is 11.9. The first kappa shape index (κ1) is 25.4. The van der Waals surface area contributed by atoms with Gasteiger partial charge in [-0.25, -0.2) is 13.1 Å². The predicted molar refractivity (Wildman–Crippen MR) is 121 cm³/mol. The first-order chi connectivity index (χ1) is 15.1. The number of carbonyl (C=O) groups is 2. The number of rotatable bonds is 11. The Bertz CT molecular complexity index is 1030. The van der Waals surface area contributed by atoms with Crippen LogP contribution in [-0.2, 0) is 24.3 Å². The third-order valence-corrected chi connectivity index (χ3v) is 6.32. The molecule has 8 nitrogen and oxygen atoms in total. The van der Waals surface area contributed by atoms with Crippen LogP contribution in [0.5, 0.6) is 5.75 Å². The summed E-state index contributed by atoms with van der Waals surface area (Å²) >= 11 is 0. The maximum atomic E-state index is 12.3. The lowest BCUT2D eigenvalue weighted by Crippen LogP contribution is -2.32. The Morgan fingerprint density at radius 2 is 1.72 bits per heavy atom. The molecule has 0 aliphatic heterocycles. The van der Waals surface area contributed by atoms with E-state index in [1.165, 1.54) is 17.7 Å². The van der Waals surface area contributed by atoms with Crippen LogP contribution in [0.2, 0.25) is 0 Å². The highest BCUT2D eigenvalue weighted by molar-refractivity contribution is 7.89. The quantitative estimate of drug-likeness (QED) is 0.497. The standard InChI is InChI=1S/C23H30N2O6S/c1-5-30-20-8-10-21(11-9-20)32(28,29)24-13-12-23(27)31-15-22(26)25-18(4)19-7-6-16(2)17(3)14-19/h6-11,14,18,24H,5,12-13,15H2,1-4H3,(H,25,26). The molecule has 32 heavy (non-hydrogen) atoms. The highest BCUT2D eigenvalue weighted by Gasteiger charge is 2.16. The molecule has 1 atom stereocenters. The van der Waals surface area contributed by atoms with E-state index in [1.54, 1.807) is 12.1 Å². The summed E-state index contributed by atoms with van der Waals surface area (Å²) in [6.07, 6.45) is -0.198. The average Bonchev–Trinajstić information content (AvgIpc) is 2.74. The number of sulfonamides is 1. The van der Waals surface area contributed by atoms with Gasteiger partial charge in [0.05, 0.1) is 24.0 Å². The van der Waals surface area contributed by atoms with Crippen LogP contribution in [0.15, 0.2) is 47.4 Å². The van der Waals surface area contributed by atoms with E-state index >= 15 is 0 Å². The highest BCUT2D eigenvalue weighted by atomic mass is 32.2. The second kappa shape index (κ2) is 11.6. The predicted octanol–water partition coefficient (Wildman–Crippen LogP) is 2.79. The van der Waals surface area contributed by atoms with Gasteiger partial charge in [0.15, 0.2) is 6.61 Å². The number of ether oxygens (including phenoxy) is 2. The summed E-state index contributed by atoms with van der Waals surface area (Å²) in [5, 5.41) is 2.78. The zero-order valence-corrected chi connectivity index (χ0v) is 19.6. The van der Waals surface area contributed by atoms with Crippen molar-refractivity contribution in [2.75, 3.05) is 19.8 Å². The van der Waals surface area contributed by atoms with E-state index in [9.17, 15) is 18.0 Å². The van der Waals surface area contributed by atoms with Gasteiger partial charge in [0.2, 0.25) is 10.0 Å². The van der Waals surface area contributed by atoms with Gasteiger partial charge < -0.3 is 14.8 Å². The summed E-state index contributed by atoms with van der Waals surface area (Å²) in [6, 6.07) is 11.7. The van der Waals surface area contributed by atoms with E-state index < -0.39 is 28.5 Å². The molecule has 0 aromatic heterocycles. The van der Waals surface area contributed by atoms with Crippen molar-refractivity contribution in [3.05, 3.63) is 59.2 Å². The Morgan fingerprint density at radius 3 is 2.34 bits per heavy atom. The molecule has 1 amide bonds. The molecular formula is C23H30N2O6S. The summed E-state index contributed by atoms with van der Waals surface area (Å²) in [4.78, 5) is 24.0. The largest absolute Gasteiger partial charge is 0.494 e. The molecule has 0 aliphatic rings. The number of nitrogens with one attached hydrogen (secondary N) is 2. The van der Waals surface area contributed by atoms with Crippen molar-refractivity contribution in [3.63, 3.8) is 0 Å². The minimum atomic E-state index is -3.76. The van der Waals surface area contributed by atoms with Crippen LogP contribution in [0.25, 0.3) is 0 Å². The Morgan fingerprint density at radius 1 is 1.03 bits per heavy atom. The molecule has 0 bridgehead atoms. The number of hydrogen-bond donors (Lipinski definition) is 2. The molecular weight excluding hydrogens is 432 g/mol. The molecule has 2 rings (SSSR count). The molecule has 0 saturated carbocycles. The Hall–Kier alpha value is -2.91. The van der Waals surface area contributed by atoms with E-state index in [0.29, 0.717) is 12.4 Å². The van der Waals surface area contributed by atoms with Gasteiger partial charge in [-0.3, -0.25) is 9.59 Å². The molecule has 0 heterocycles. The third kappa shape index (κ3) is 7.65. The fraction of sp³-hybridized carbons (Fsp3) is 0.391. The van der Waals surface area contributed by atoms with E-state index in [4.69, 9.17) is 9.47 Å². The highest BCUT2D eigenvalue weighted by Crippen LogP contribution is 2.17. The zero-order chi connectivity index (χ0) is 23.7. The van der Waals surface area contributed by atoms with Crippen molar-refractivity contribution in [2.24, 2.45) is 0 Å². The monoisotopic (exact) mass is 462 g/mol. The average molecular weight is 463 g/mol. The van der Waals surface area contributed by atoms with Crippen LogP contribution in [0, 0.1) is 13.8 Å². The van der Waals surface area contributed by atoms with Crippen molar-refractivity contribution >= 4 is 21.9 Å². The molecule has 0 saturated heterocycles. The number of amides is 1. The number of carbonyl (C=O) groups excluding carboxylic acids is 2. The minimum absolute atomic E-state index is 0.0639. The molecule has 9 heteroatoms. The van der Waals surface area contributed by atoms with Gasteiger partial charge >= 0.3 is 5.97 Å². The molecule has 174 valence electrons. The van der Waals surface area contributed by atoms with E-state index in [1.807, 2.05) is 45.9 Å². The van der Waals surface area contributed by atoms with Crippen molar-refractivity contribution in [1.82, 2.24) is 10.0 Å². The molecule has 0 spiro atoms. The normalized spacial score (nSPS) is 12.1. The second-order valence-corrected chi connectivity index (χ2v) is 9.11. The topological polar surface area (TPSA) is 111 Å². The summed E-state index contributed by atoms with van der Waals surface area (Å²) in [5.41, 5.74) is 3.25. The Balaban J connectivity index is 1.74. The lowest BCUT2D eigenvalue weighted by atomic mass is 10.0. The molecule has 2 aromatic carbocycles. The zero-order valence-electron chi connectivity index (χ0n) is 18.8. The SMILES string of the molecule is CCOc1ccc(S(=O)(=O)NCCC(=O)OCC(=O)NC(C)c2ccc(C)c(C)c2)cc1. The minimum Gasteiger partial charge on any atom is -0.494 e. The van der Waals surface area contributed by atoms with Gasteiger partial charge in [0, 0.05) is 6.54 Å². The molecule has 0 aliphatic carbocycles. The van der Waals surface area contributed by atoms with Crippen LogP contribution in [0.3, 0.4) is 0 Å². The summed E-state index contributed by atoms with van der Waals surface area (Å²) in [5.74, 6) is -0.535. The molecule has 0 fully saturated rings. The number of benzene rings is 2. The molecule has 2 aromatic rings. The number of aryl methyl sites for hydroxylation is 2. The van der Waals surface area contributed by atoms with Crippen LogP contribution >= 0.6 is 0 Å². The molecule has 0 radical (unpaired) electrons. The summed E-state index contributed by atoms with van der Waals surface area (Å²) in [6.45, 7) is 7.60. The van der Waals surface area contributed by atoms with E-state index in [2.05, 4.69) is 10.0 Å². The number of hydrogen-bond acceptors (Lipinski definition) is 6. The van der Waals surface area contributed by atoms with Gasteiger partial charge in [0.1, 0.15) is 5.75 Å². The molecule has 2 N–H and O–H groups in total. The van der Waals surface area contributed by atoms with Crippen LogP contribution in [0.1, 0.15) is 43.0 Å². The van der Waals surface area contributed by atoms with E-state index in [-0.39, 0.29) is 23.9 Å². The molecule has 1 unspecified atom stereocenters. The Labute approximate surface area is 189 Å². The first-order valence-electron chi connectivity index (χ1n) is 10.4. The maximum absolute atomic E-state index is 12.3. The maximum Gasteiger partial charge on any atom is 0.307 e. The fourth-order valence-corrected chi connectivity index (χ4v) is 3.90. The van der Waals surface area contributed by atoms with Gasteiger partial charge in [-0.05, 0) is 68.7 Å². The van der Waals surface area contributed by atoms with Crippen molar-refractivity contribution in [1.29, 1.82) is 0 Å². The van der Waals surface area contributed by atoms with Crippen LogP contribution in [0.4, 0.5) is 0 Å². The second-order valence-electron chi connectivity index (χ2n) is 7.35. The van der Waals surface area contributed by atoms with Gasteiger partial charge in [-0.2, -0.15) is 0 Å². The smallest absolute Gasteiger partial charge is 0.307 e. The van der Waals surface area contributed by atoms with Crippen molar-refractivity contribution < 1.29 is 27.5 Å². The van der Waals surface area contributed by atoms with E-state index in [0.717, 1.165) is 11.1 Å². The lowest BCUT2D eigenvalue weighted by Gasteiger charge is -2.16. The van der Waals surface area contributed by atoms with Gasteiger partial charge in [-0.15, -0.1) is 0 Å². The third-order valence-electron chi connectivity index (χ3n) is 4.84. The fourth-order valence-electron chi connectivity index (χ4n) is 2.87. The van der Waals surface area contributed by atoms with Crippen molar-refractivity contribution in [3.8, 4) is 5.75 Å². The van der Waals surface area contributed by atoms with Crippen LogP contribution < -0.4 is 14.8 Å². The summed E-state index contributed by atoms with van der Waals surface area (Å²) < 4.78 is 37.1. The van der Waals surface area contributed by atoms with Crippen LogP contribution in [-0.4, -0.2) is 40.1 Å². The lowest BCUT2D eigenvalue weighted by molar-refractivity contribution is -0.148. The van der Waals surface area contributed by atoms with Gasteiger partial charge in [0.25, 0.3) is 5.91 Å². The Kier molecular flexibility index (Phi) is 9.22.